The van der Waals surface area contributed by atoms with Crippen LogP contribution in [-0.4, -0.2) is 102 Å². The number of nitrogens with two attached hydrogens (primary N) is 1. The highest BCUT2D eigenvalue weighted by Crippen LogP contribution is 2.47. The van der Waals surface area contributed by atoms with Gasteiger partial charge in [-0.05, 0) is 45.0 Å². The number of nitriles is 1. The summed E-state index contributed by atoms with van der Waals surface area (Å²) in [5, 5.41) is 10.1. The van der Waals surface area contributed by atoms with E-state index in [1.165, 1.54) is 19.9 Å². The fourth-order valence-corrected chi connectivity index (χ4v) is 7.01. The molecular weight excluding hydrogens is 623 g/mol. The third kappa shape index (κ3) is 6.58. The van der Waals surface area contributed by atoms with Crippen LogP contribution in [0.15, 0.2) is 12.1 Å². The smallest absolute Gasteiger partial charge is 0.418 e. The van der Waals surface area contributed by atoms with Gasteiger partial charge in [0, 0.05) is 62.4 Å². The molecule has 1 aromatic carbocycles. The molecule has 5 heterocycles. The molecule has 47 heavy (non-hydrogen) atoms. The van der Waals surface area contributed by atoms with E-state index in [2.05, 4.69) is 16.0 Å². The van der Waals surface area contributed by atoms with Crippen LogP contribution in [0.25, 0.3) is 22.2 Å². The van der Waals surface area contributed by atoms with E-state index in [0.717, 1.165) is 0 Å². The number of aromatic nitrogens is 3. The molecule has 2 N–H and O–H groups in total. The Morgan fingerprint density at radius 1 is 1.17 bits per heavy atom. The van der Waals surface area contributed by atoms with Crippen LogP contribution in [0.2, 0.25) is 0 Å². The van der Waals surface area contributed by atoms with Crippen LogP contribution in [0.1, 0.15) is 36.5 Å². The number of alkyl halides is 5. The lowest BCUT2D eigenvalue weighted by Crippen LogP contribution is -2.54. The van der Waals surface area contributed by atoms with Crippen molar-refractivity contribution in [3.05, 3.63) is 28.8 Å². The lowest BCUT2D eigenvalue weighted by molar-refractivity contribution is -0.137. The molecule has 2 aromatic heterocycles. The van der Waals surface area contributed by atoms with Crippen LogP contribution in [-0.2, 0) is 12.6 Å². The van der Waals surface area contributed by atoms with Crippen LogP contribution >= 0.6 is 0 Å². The maximum absolute atomic E-state index is 14.4. The SMILES string of the molecule is Cc1cc(N)nc(-c2cc3nc(OC[C@@H]4C[C@@H](F)CN4C)nc(N4CCN(CC(C)F)[C@@H](CC#N)C4)c3c3c2CCO3)c1C(F)(F)F. The quantitative estimate of drug-likeness (QED) is 0.341. The van der Waals surface area contributed by atoms with Gasteiger partial charge in [0.2, 0.25) is 0 Å². The van der Waals surface area contributed by atoms with Crippen molar-refractivity contribution in [2.24, 2.45) is 0 Å². The molecule has 6 rings (SSSR count). The van der Waals surface area contributed by atoms with E-state index < -0.39 is 24.1 Å². The number of aryl methyl sites for hydroxylation is 1. The fourth-order valence-electron chi connectivity index (χ4n) is 7.01. The number of halogens is 5. The Kier molecular flexibility index (Phi) is 9.01. The Morgan fingerprint density at radius 2 is 1.96 bits per heavy atom. The second-order valence-corrected chi connectivity index (χ2v) is 12.6. The number of hydrogen-bond donors (Lipinski definition) is 1. The molecule has 1 unspecified atom stereocenters. The van der Waals surface area contributed by atoms with Gasteiger partial charge in [0.25, 0.3) is 0 Å². The first kappa shape index (κ1) is 32.9. The third-order valence-electron chi connectivity index (χ3n) is 9.14. The van der Waals surface area contributed by atoms with E-state index in [1.54, 1.807) is 13.1 Å². The number of fused-ring (bicyclic) bond motifs is 3. The van der Waals surface area contributed by atoms with Gasteiger partial charge < -0.3 is 20.1 Å². The number of likely N-dealkylation sites (N-methyl/N-ethyl adjacent to an activating group) is 1. The molecule has 3 aliphatic rings. The van der Waals surface area contributed by atoms with Crippen molar-refractivity contribution in [3.8, 4) is 29.1 Å². The first-order valence-electron chi connectivity index (χ1n) is 15.7. The first-order chi connectivity index (χ1) is 22.3. The van der Waals surface area contributed by atoms with Gasteiger partial charge in [0.1, 0.15) is 36.3 Å². The van der Waals surface area contributed by atoms with Crippen LogP contribution in [0.5, 0.6) is 11.8 Å². The van der Waals surface area contributed by atoms with Crippen LogP contribution in [0.4, 0.5) is 33.6 Å². The number of benzene rings is 1. The largest absolute Gasteiger partial charge is 0.492 e. The lowest BCUT2D eigenvalue weighted by atomic mass is 9.94. The monoisotopic (exact) mass is 660 g/mol. The molecule has 0 amide bonds. The molecule has 3 aliphatic heterocycles. The predicted octanol–water partition coefficient (Wildman–Crippen LogP) is 4.72. The van der Waals surface area contributed by atoms with Crippen LogP contribution in [0, 0.1) is 18.3 Å². The minimum atomic E-state index is -4.71. The summed E-state index contributed by atoms with van der Waals surface area (Å²) in [4.78, 5) is 19.4. The lowest BCUT2D eigenvalue weighted by Gasteiger charge is -2.41. The van der Waals surface area contributed by atoms with Crippen molar-refractivity contribution >= 4 is 22.5 Å². The van der Waals surface area contributed by atoms with Crippen molar-refractivity contribution in [1.82, 2.24) is 24.8 Å². The molecule has 2 saturated heterocycles. The molecule has 2 fully saturated rings. The maximum atomic E-state index is 14.4. The molecule has 0 radical (unpaired) electrons. The first-order valence-corrected chi connectivity index (χ1v) is 15.7. The Morgan fingerprint density at radius 3 is 2.64 bits per heavy atom. The summed E-state index contributed by atoms with van der Waals surface area (Å²) in [6, 6.07) is 4.40. The van der Waals surface area contributed by atoms with Gasteiger partial charge in [-0.25, -0.2) is 13.8 Å². The van der Waals surface area contributed by atoms with Crippen LogP contribution < -0.4 is 20.1 Å². The molecule has 4 atom stereocenters. The Labute approximate surface area is 269 Å². The van der Waals surface area contributed by atoms with Gasteiger partial charge in [-0.15, -0.1) is 0 Å². The Balaban J connectivity index is 1.50. The van der Waals surface area contributed by atoms with Crippen molar-refractivity contribution < 1.29 is 31.4 Å². The number of ether oxygens (including phenoxy) is 2. The Bertz CT molecular complexity index is 1700. The zero-order chi connectivity index (χ0) is 33.6. The molecule has 0 bridgehead atoms. The highest BCUT2D eigenvalue weighted by atomic mass is 19.4. The minimum Gasteiger partial charge on any atom is -0.492 e. The van der Waals surface area contributed by atoms with E-state index in [-0.39, 0.29) is 85.4 Å². The van der Waals surface area contributed by atoms with E-state index in [0.29, 0.717) is 48.6 Å². The molecular formula is C32H37F5N8O2. The molecule has 0 saturated carbocycles. The number of likely N-dealkylation sites (tertiary alicyclic amines) is 1. The van der Waals surface area contributed by atoms with Crippen LogP contribution in [0.3, 0.4) is 0 Å². The number of piperazine rings is 1. The topological polar surface area (TPSA) is 117 Å². The molecule has 252 valence electrons. The number of nitrogen functional groups attached to an aromatic ring is 1. The van der Waals surface area contributed by atoms with Crippen molar-refractivity contribution in [2.75, 3.05) is 63.6 Å². The van der Waals surface area contributed by atoms with Gasteiger partial charge in [0.15, 0.2) is 0 Å². The molecule has 15 heteroatoms. The van der Waals surface area contributed by atoms with Gasteiger partial charge in [-0.3, -0.25) is 9.80 Å². The van der Waals surface area contributed by atoms with Crippen molar-refractivity contribution in [2.45, 2.75) is 63.7 Å². The van der Waals surface area contributed by atoms with Crippen molar-refractivity contribution in [3.63, 3.8) is 0 Å². The molecule has 3 aromatic rings. The zero-order valence-corrected chi connectivity index (χ0v) is 26.4. The number of anilines is 2. The third-order valence-corrected chi connectivity index (χ3v) is 9.14. The summed E-state index contributed by atoms with van der Waals surface area (Å²) in [5.74, 6) is 0.726. The van der Waals surface area contributed by atoms with Gasteiger partial charge in [-0.2, -0.15) is 28.4 Å². The van der Waals surface area contributed by atoms with E-state index in [1.807, 2.05) is 14.7 Å². The average molecular weight is 661 g/mol. The molecule has 10 nitrogen and oxygen atoms in total. The Hall–Kier alpha value is -4.03. The van der Waals surface area contributed by atoms with Crippen molar-refractivity contribution in [1.29, 1.82) is 5.26 Å². The number of rotatable bonds is 8. The molecule has 0 spiro atoms. The van der Waals surface area contributed by atoms with Gasteiger partial charge in [-0.1, -0.05) is 0 Å². The number of nitrogens with zero attached hydrogens (tertiary/aromatic N) is 7. The normalized spacial score (nSPS) is 22.7. The predicted molar refractivity (Wildman–Crippen MR) is 166 cm³/mol. The summed E-state index contributed by atoms with van der Waals surface area (Å²) in [5.41, 5.74) is 5.70. The summed E-state index contributed by atoms with van der Waals surface area (Å²) < 4.78 is 83.6. The number of pyridine rings is 1. The summed E-state index contributed by atoms with van der Waals surface area (Å²) in [6.07, 6.45) is -6.01. The standard InChI is InChI=1S/C32H37F5N8O2/c1-17-10-25(39)41-28(27(17)32(35,36)37)23-12-24-26(29-22(23)5-9-46-29)30(42-31(40-24)47-16-21-11-19(34)14-43(21)3)45-8-7-44(13-18(2)33)20(15-45)4-6-38/h10,12,18-21H,4-5,7-9,11,13-16H2,1-3H3,(H2,39,41)/t18?,19-,20+,21+/m1/s1. The van der Waals surface area contributed by atoms with Gasteiger partial charge >= 0.3 is 12.2 Å². The fraction of sp³-hybridized carbons (Fsp3) is 0.562. The molecule has 0 aliphatic carbocycles. The highest BCUT2D eigenvalue weighted by molar-refractivity contribution is 6.00. The average Bonchev–Trinajstić information content (AvgIpc) is 3.60. The van der Waals surface area contributed by atoms with Gasteiger partial charge in [0.05, 0.1) is 41.3 Å². The van der Waals surface area contributed by atoms with E-state index in [9.17, 15) is 27.2 Å². The van der Waals surface area contributed by atoms with E-state index in [4.69, 9.17) is 20.2 Å². The summed E-state index contributed by atoms with van der Waals surface area (Å²) in [6.45, 7) is 4.82. The maximum Gasteiger partial charge on any atom is 0.418 e. The zero-order valence-electron chi connectivity index (χ0n) is 26.4. The number of hydrogen-bond acceptors (Lipinski definition) is 10. The minimum absolute atomic E-state index is 0.0310. The second-order valence-electron chi connectivity index (χ2n) is 12.6. The summed E-state index contributed by atoms with van der Waals surface area (Å²) in [7, 11) is 1.80. The van der Waals surface area contributed by atoms with E-state index >= 15 is 0 Å². The summed E-state index contributed by atoms with van der Waals surface area (Å²) >= 11 is 0. The highest BCUT2D eigenvalue weighted by Gasteiger charge is 2.39. The second kappa shape index (κ2) is 12.9.